The summed E-state index contributed by atoms with van der Waals surface area (Å²) in [6, 6.07) is 0. The van der Waals surface area contributed by atoms with Crippen LogP contribution in [0.15, 0.2) is 0 Å². The maximum Gasteiger partial charge on any atom is 0.309 e. The van der Waals surface area contributed by atoms with Crippen LogP contribution in [0.4, 0.5) is 0 Å². The number of hydrogen-bond acceptors (Lipinski definition) is 3. The maximum absolute atomic E-state index is 10.8. The molecular formula is C8H16NO4S-. The summed E-state index contributed by atoms with van der Waals surface area (Å²) in [5.74, 6) is -0.941. The van der Waals surface area contributed by atoms with E-state index in [2.05, 4.69) is 4.72 Å². The second kappa shape index (κ2) is 4.37. The van der Waals surface area contributed by atoms with Crippen molar-refractivity contribution in [1.82, 2.24) is 4.72 Å². The van der Waals surface area contributed by atoms with Crippen LogP contribution in [0.1, 0.15) is 34.1 Å². The molecule has 0 aromatic carbocycles. The van der Waals surface area contributed by atoms with E-state index in [0.717, 1.165) is 0 Å². The highest BCUT2D eigenvalue weighted by molar-refractivity contribution is 7.77. The van der Waals surface area contributed by atoms with E-state index in [0.29, 0.717) is 0 Å². The molecule has 0 bridgehead atoms. The Labute approximate surface area is 86.3 Å². The van der Waals surface area contributed by atoms with Gasteiger partial charge in [0, 0.05) is 16.8 Å². The molecule has 0 amide bonds. The highest BCUT2D eigenvalue weighted by Crippen LogP contribution is 2.28. The van der Waals surface area contributed by atoms with E-state index in [9.17, 15) is 13.6 Å². The lowest BCUT2D eigenvalue weighted by molar-refractivity contribution is -0.148. The van der Waals surface area contributed by atoms with Crippen molar-refractivity contribution in [2.45, 2.75) is 39.7 Å². The standard InChI is InChI=1S/C8H17NO4S/c1-7(2,6(10)11)5-8(3,4)9-14(12)13/h9H,5H2,1-4H3,(H,10,11)(H,12,13)/p-1. The smallest absolute Gasteiger partial charge is 0.309 e. The lowest BCUT2D eigenvalue weighted by Crippen LogP contribution is -2.45. The van der Waals surface area contributed by atoms with E-state index in [1.807, 2.05) is 0 Å². The topological polar surface area (TPSA) is 89.5 Å². The summed E-state index contributed by atoms with van der Waals surface area (Å²) in [6.07, 6.45) is 0.226. The lowest BCUT2D eigenvalue weighted by Gasteiger charge is -2.33. The second-order valence-corrected chi connectivity index (χ2v) is 5.26. The Balaban J connectivity index is 4.49. The molecule has 0 saturated heterocycles. The van der Waals surface area contributed by atoms with Crippen LogP contribution < -0.4 is 4.72 Å². The molecular weight excluding hydrogens is 206 g/mol. The van der Waals surface area contributed by atoms with Crippen LogP contribution >= 0.6 is 0 Å². The Bertz CT molecular complexity index is 250. The predicted molar refractivity (Wildman–Crippen MR) is 52.2 cm³/mol. The van der Waals surface area contributed by atoms with Crippen LogP contribution in [0.2, 0.25) is 0 Å². The van der Waals surface area contributed by atoms with Gasteiger partial charge in [0.2, 0.25) is 0 Å². The summed E-state index contributed by atoms with van der Waals surface area (Å²) in [5, 5.41) is 8.86. The van der Waals surface area contributed by atoms with Crippen molar-refractivity contribution in [3.05, 3.63) is 0 Å². The zero-order chi connectivity index (χ0) is 11.6. The first kappa shape index (κ1) is 13.5. The minimum atomic E-state index is -2.38. The van der Waals surface area contributed by atoms with Gasteiger partial charge in [-0.3, -0.25) is 9.00 Å². The Hall–Kier alpha value is -0.460. The minimum absolute atomic E-state index is 0.226. The first-order valence-corrected chi connectivity index (χ1v) is 5.25. The molecule has 0 heterocycles. The molecule has 0 aromatic rings. The second-order valence-electron chi connectivity index (χ2n) is 4.59. The molecule has 0 aromatic heterocycles. The first-order valence-electron chi connectivity index (χ1n) is 4.17. The van der Waals surface area contributed by atoms with Gasteiger partial charge in [-0.05, 0) is 34.1 Å². The fourth-order valence-electron chi connectivity index (χ4n) is 1.44. The van der Waals surface area contributed by atoms with Crippen LogP contribution in [0.3, 0.4) is 0 Å². The molecule has 0 aliphatic carbocycles. The largest absolute Gasteiger partial charge is 0.760 e. The number of rotatable bonds is 5. The van der Waals surface area contributed by atoms with Crippen molar-refractivity contribution in [2.24, 2.45) is 5.41 Å². The van der Waals surface area contributed by atoms with Gasteiger partial charge in [0.25, 0.3) is 0 Å². The molecule has 0 radical (unpaired) electrons. The third-order valence-corrected chi connectivity index (χ3v) is 2.54. The van der Waals surface area contributed by atoms with E-state index in [4.69, 9.17) is 5.11 Å². The number of carbonyl (C=O) groups is 1. The molecule has 0 rings (SSSR count). The van der Waals surface area contributed by atoms with Gasteiger partial charge in [-0.15, -0.1) is 0 Å². The van der Waals surface area contributed by atoms with Gasteiger partial charge in [0.15, 0.2) is 0 Å². The van der Waals surface area contributed by atoms with Crippen molar-refractivity contribution in [2.75, 3.05) is 0 Å². The SMILES string of the molecule is CC(C)(CC(C)(C)C(=O)O)NS(=O)[O-]. The molecule has 0 spiro atoms. The number of nitrogens with one attached hydrogen (secondary N) is 1. The van der Waals surface area contributed by atoms with Gasteiger partial charge in [-0.25, -0.2) is 4.72 Å². The quantitative estimate of drug-likeness (QED) is 0.668. The molecule has 14 heavy (non-hydrogen) atoms. The van der Waals surface area contributed by atoms with Gasteiger partial charge in [0.1, 0.15) is 0 Å². The molecule has 0 fully saturated rings. The molecule has 0 aliphatic heterocycles. The maximum atomic E-state index is 10.8. The molecule has 0 saturated carbocycles. The van der Waals surface area contributed by atoms with Gasteiger partial charge >= 0.3 is 5.97 Å². The molecule has 6 heteroatoms. The minimum Gasteiger partial charge on any atom is -0.760 e. The van der Waals surface area contributed by atoms with E-state index in [1.54, 1.807) is 27.7 Å². The van der Waals surface area contributed by atoms with Crippen LogP contribution in [-0.4, -0.2) is 25.4 Å². The van der Waals surface area contributed by atoms with Gasteiger partial charge in [0.05, 0.1) is 5.41 Å². The van der Waals surface area contributed by atoms with Crippen LogP contribution in [-0.2, 0) is 16.1 Å². The Morgan fingerprint density at radius 3 is 2.14 bits per heavy atom. The van der Waals surface area contributed by atoms with Crippen molar-refractivity contribution in [1.29, 1.82) is 0 Å². The first-order chi connectivity index (χ1) is 6.07. The molecule has 2 N–H and O–H groups in total. The predicted octanol–water partition coefficient (Wildman–Crippen LogP) is 0.650. The number of carboxylic acid groups (broad SMARTS) is 1. The molecule has 84 valence electrons. The van der Waals surface area contributed by atoms with Crippen molar-refractivity contribution in [3.8, 4) is 0 Å². The summed E-state index contributed by atoms with van der Waals surface area (Å²) in [6.45, 7) is 6.42. The zero-order valence-electron chi connectivity index (χ0n) is 8.79. The molecule has 5 nitrogen and oxygen atoms in total. The lowest BCUT2D eigenvalue weighted by atomic mass is 9.81. The van der Waals surface area contributed by atoms with Crippen molar-refractivity contribution in [3.63, 3.8) is 0 Å². The summed E-state index contributed by atoms with van der Waals surface area (Å²) < 4.78 is 23.1. The Morgan fingerprint density at radius 2 is 1.86 bits per heavy atom. The van der Waals surface area contributed by atoms with Gasteiger partial charge in [-0.2, -0.15) is 0 Å². The normalized spacial score (nSPS) is 15.2. The van der Waals surface area contributed by atoms with E-state index in [1.165, 1.54) is 0 Å². The highest BCUT2D eigenvalue weighted by Gasteiger charge is 2.34. The Morgan fingerprint density at radius 1 is 1.43 bits per heavy atom. The molecule has 0 aliphatic rings. The fraction of sp³-hybridized carbons (Fsp3) is 0.875. The monoisotopic (exact) mass is 222 g/mol. The van der Waals surface area contributed by atoms with E-state index >= 15 is 0 Å². The van der Waals surface area contributed by atoms with Gasteiger partial charge < -0.3 is 9.66 Å². The van der Waals surface area contributed by atoms with Crippen LogP contribution in [0.25, 0.3) is 0 Å². The van der Waals surface area contributed by atoms with Crippen molar-refractivity contribution >= 4 is 17.2 Å². The summed E-state index contributed by atoms with van der Waals surface area (Å²) >= 11 is -2.38. The van der Waals surface area contributed by atoms with Crippen molar-refractivity contribution < 1.29 is 18.7 Å². The average Bonchev–Trinajstić information content (AvgIpc) is 1.79. The average molecular weight is 222 g/mol. The van der Waals surface area contributed by atoms with Crippen LogP contribution in [0, 0.1) is 5.41 Å². The third kappa shape index (κ3) is 4.69. The molecule has 1 atom stereocenters. The zero-order valence-corrected chi connectivity index (χ0v) is 9.60. The number of aliphatic carboxylic acids is 1. The third-order valence-electron chi connectivity index (χ3n) is 1.82. The fourth-order valence-corrected chi connectivity index (χ4v) is 1.97. The summed E-state index contributed by atoms with van der Waals surface area (Å²) in [7, 11) is 0. The number of carboxylic acids is 1. The highest BCUT2D eigenvalue weighted by atomic mass is 32.2. The summed E-state index contributed by atoms with van der Waals surface area (Å²) in [5.41, 5.74) is -1.70. The summed E-state index contributed by atoms with van der Waals surface area (Å²) in [4.78, 5) is 10.8. The molecule has 1 unspecified atom stereocenters. The van der Waals surface area contributed by atoms with E-state index in [-0.39, 0.29) is 6.42 Å². The Kier molecular flexibility index (Phi) is 4.23. The number of hydrogen-bond donors (Lipinski definition) is 2. The van der Waals surface area contributed by atoms with E-state index < -0.39 is 28.2 Å². The van der Waals surface area contributed by atoms with Crippen LogP contribution in [0.5, 0.6) is 0 Å². The van der Waals surface area contributed by atoms with Gasteiger partial charge in [-0.1, -0.05) is 0 Å².